The van der Waals surface area contributed by atoms with Gasteiger partial charge in [0.05, 0.1) is 0 Å². The molecule has 0 spiro atoms. The van der Waals surface area contributed by atoms with Crippen LogP contribution in [-0.4, -0.2) is 11.9 Å². The average Bonchev–Trinajstić information content (AvgIpc) is 2.09. The topological polar surface area (TPSA) is 58.2 Å². The number of hydrogen-bond donors (Lipinski definition) is 2. The van der Waals surface area contributed by atoms with Gasteiger partial charge < -0.3 is 5.32 Å². The highest BCUT2D eigenvalue weighted by molar-refractivity contribution is 6.11. The summed E-state index contributed by atoms with van der Waals surface area (Å²) in [5.74, 6) is -0.0853. The molecular weight excluding hydrogens is 144 g/mol. The van der Waals surface area contributed by atoms with E-state index in [1.165, 1.54) is 0 Å². The molecule has 1 aliphatic heterocycles. The molecule has 1 rings (SSSR count). The minimum atomic E-state index is -0.443. The molecule has 0 bridgehead atoms. The van der Waals surface area contributed by atoms with Crippen molar-refractivity contribution in [1.82, 2.24) is 10.6 Å². The normalized spacial score (nSPS) is 20.8. The quantitative estimate of drug-likeness (QED) is 0.423. The second-order valence-corrected chi connectivity index (χ2v) is 2.73. The van der Waals surface area contributed by atoms with E-state index in [1.807, 2.05) is 13.8 Å². The van der Waals surface area contributed by atoms with E-state index in [-0.39, 0.29) is 11.8 Å². The number of carbonyl (C=O) groups is 2. The molecule has 1 aliphatic rings. The maximum Gasteiger partial charge on any atom is 0.326 e. The monoisotopic (exact) mass is 154 g/mol. The van der Waals surface area contributed by atoms with Gasteiger partial charge in [-0.1, -0.05) is 19.9 Å². The molecule has 0 atom stereocenters. The zero-order valence-corrected chi connectivity index (χ0v) is 6.47. The van der Waals surface area contributed by atoms with E-state index in [0.717, 1.165) is 0 Å². The summed E-state index contributed by atoms with van der Waals surface area (Å²) >= 11 is 0. The van der Waals surface area contributed by atoms with Gasteiger partial charge >= 0.3 is 6.03 Å². The summed E-state index contributed by atoms with van der Waals surface area (Å²) in [5, 5.41) is 4.51. The summed E-state index contributed by atoms with van der Waals surface area (Å²) in [6, 6.07) is -0.443. The summed E-state index contributed by atoms with van der Waals surface area (Å²) in [4.78, 5) is 21.4. The first-order valence-electron chi connectivity index (χ1n) is 3.43. The molecule has 4 nitrogen and oxygen atoms in total. The van der Waals surface area contributed by atoms with E-state index in [1.54, 1.807) is 6.08 Å². The number of amides is 3. The molecule has 1 saturated heterocycles. The lowest BCUT2D eigenvalue weighted by atomic mass is 10.2. The van der Waals surface area contributed by atoms with Crippen molar-refractivity contribution in [2.45, 2.75) is 13.8 Å². The highest BCUT2D eigenvalue weighted by atomic mass is 16.2. The molecule has 0 aromatic carbocycles. The van der Waals surface area contributed by atoms with Crippen molar-refractivity contribution < 1.29 is 9.59 Å². The number of carbonyl (C=O) groups excluding carboxylic acids is 2. The van der Waals surface area contributed by atoms with Crippen LogP contribution in [0.15, 0.2) is 11.8 Å². The Morgan fingerprint density at radius 2 is 1.91 bits per heavy atom. The van der Waals surface area contributed by atoms with Crippen LogP contribution in [-0.2, 0) is 4.79 Å². The molecule has 60 valence electrons. The minimum Gasteiger partial charge on any atom is -0.303 e. The van der Waals surface area contributed by atoms with Crippen LogP contribution in [0.3, 0.4) is 0 Å². The Morgan fingerprint density at radius 1 is 1.27 bits per heavy atom. The second-order valence-electron chi connectivity index (χ2n) is 2.73. The number of imide groups is 1. The van der Waals surface area contributed by atoms with Crippen molar-refractivity contribution in [3.05, 3.63) is 11.8 Å². The van der Waals surface area contributed by atoms with Crippen molar-refractivity contribution in [2.24, 2.45) is 5.92 Å². The van der Waals surface area contributed by atoms with Gasteiger partial charge in [0.25, 0.3) is 5.91 Å². The number of allylic oxidation sites excluding steroid dienone is 1. The van der Waals surface area contributed by atoms with Gasteiger partial charge in [-0.3, -0.25) is 10.1 Å². The largest absolute Gasteiger partial charge is 0.326 e. The Kier molecular flexibility index (Phi) is 1.94. The zero-order chi connectivity index (χ0) is 8.43. The van der Waals surface area contributed by atoms with E-state index in [0.29, 0.717) is 5.70 Å². The molecule has 0 aliphatic carbocycles. The van der Waals surface area contributed by atoms with E-state index in [9.17, 15) is 9.59 Å². The van der Waals surface area contributed by atoms with Gasteiger partial charge in [0, 0.05) is 0 Å². The molecule has 0 radical (unpaired) electrons. The first-order chi connectivity index (χ1) is 5.09. The third kappa shape index (κ3) is 1.80. The lowest BCUT2D eigenvalue weighted by Gasteiger charge is -1.95. The molecule has 0 aromatic heterocycles. The third-order valence-electron chi connectivity index (χ3n) is 1.22. The lowest BCUT2D eigenvalue weighted by molar-refractivity contribution is -0.115. The Bertz CT molecular complexity index is 231. The first kappa shape index (κ1) is 7.78. The average molecular weight is 154 g/mol. The van der Waals surface area contributed by atoms with Crippen LogP contribution in [0.25, 0.3) is 0 Å². The van der Waals surface area contributed by atoms with Gasteiger partial charge in [0.2, 0.25) is 0 Å². The lowest BCUT2D eigenvalue weighted by Crippen LogP contribution is -2.22. The summed E-state index contributed by atoms with van der Waals surface area (Å²) in [5.41, 5.74) is 0.352. The van der Waals surface area contributed by atoms with Gasteiger partial charge in [-0.2, -0.15) is 0 Å². The fourth-order valence-corrected chi connectivity index (χ4v) is 0.831. The Morgan fingerprint density at radius 3 is 2.27 bits per heavy atom. The van der Waals surface area contributed by atoms with Crippen LogP contribution >= 0.6 is 0 Å². The van der Waals surface area contributed by atoms with Crippen LogP contribution in [0.2, 0.25) is 0 Å². The van der Waals surface area contributed by atoms with Crippen LogP contribution < -0.4 is 10.6 Å². The van der Waals surface area contributed by atoms with E-state index in [2.05, 4.69) is 10.6 Å². The number of nitrogens with one attached hydrogen (secondary N) is 2. The van der Waals surface area contributed by atoms with Crippen molar-refractivity contribution >= 4 is 11.9 Å². The highest BCUT2D eigenvalue weighted by Gasteiger charge is 2.22. The summed E-state index contributed by atoms with van der Waals surface area (Å²) in [6.45, 7) is 3.87. The molecule has 0 aromatic rings. The zero-order valence-electron chi connectivity index (χ0n) is 6.47. The Hall–Kier alpha value is -1.32. The summed E-state index contributed by atoms with van der Waals surface area (Å²) in [6.07, 6.45) is 1.71. The van der Waals surface area contributed by atoms with Crippen molar-refractivity contribution in [3.8, 4) is 0 Å². The van der Waals surface area contributed by atoms with Crippen molar-refractivity contribution in [3.63, 3.8) is 0 Å². The summed E-state index contributed by atoms with van der Waals surface area (Å²) in [7, 11) is 0. The second kappa shape index (κ2) is 2.74. The fraction of sp³-hybridized carbons (Fsp3) is 0.429. The summed E-state index contributed by atoms with van der Waals surface area (Å²) < 4.78 is 0. The van der Waals surface area contributed by atoms with E-state index < -0.39 is 6.03 Å². The predicted octanol–water partition coefficient (Wildman–Crippen LogP) is 0.366. The number of urea groups is 1. The van der Waals surface area contributed by atoms with E-state index in [4.69, 9.17) is 0 Å². The SMILES string of the molecule is CC(C)/C=C1\NC(=O)NC1=O. The van der Waals surface area contributed by atoms with Crippen molar-refractivity contribution in [1.29, 1.82) is 0 Å². The molecule has 4 heteroatoms. The predicted molar refractivity (Wildman–Crippen MR) is 39.6 cm³/mol. The van der Waals surface area contributed by atoms with Gasteiger partial charge in [-0.15, -0.1) is 0 Å². The number of hydrogen-bond acceptors (Lipinski definition) is 2. The Labute approximate surface area is 64.7 Å². The van der Waals surface area contributed by atoms with Crippen LogP contribution in [0.4, 0.5) is 4.79 Å². The van der Waals surface area contributed by atoms with Gasteiger partial charge in [-0.25, -0.2) is 4.79 Å². The van der Waals surface area contributed by atoms with Crippen LogP contribution in [0.5, 0.6) is 0 Å². The Balaban J connectivity index is 2.75. The molecule has 1 fully saturated rings. The van der Waals surface area contributed by atoms with E-state index >= 15 is 0 Å². The molecule has 2 N–H and O–H groups in total. The smallest absolute Gasteiger partial charge is 0.303 e. The number of rotatable bonds is 1. The van der Waals surface area contributed by atoms with Crippen molar-refractivity contribution in [2.75, 3.05) is 0 Å². The molecule has 1 heterocycles. The molecular formula is C7H10N2O2. The molecule has 0 saturated carbocycles. The van der Waals surface area contributed by atoms with Gasteiger partial charge in [0.15, 0.2) is 0 Å². The maximum absolute atomic E-state index is 10.9. The molecule has 11 heavy (non-hydrogen) atoms. The van der Waals surface area contributed by atoms with Gasteiger partial charge in [-0.05, 0) is 5.92 Å². The molecule has 0 unspecified atom stereocenters. The first-order valence-corrected chi connectivity index (χ1v) is 3.43. The van der Waals surface area contributed by atoms with Crippen LogP contribution in [0, 0.1) is 5.92 Å². The minimum absolute atomic E-state index is 0.258. The van der Waals surface area contributed by atoms with Gasteiger partial charge in [0.1, 0.15) is 5.70 Å². The maximum atomic E-state index is 10.9. The van der Waals surface area contributed by atoms with Crippen LogP contribution in [0.1, 0.15) is 13.8 Å². The highest BCUT2D eigenvalue weighted by Crippen LogP contribution is 2.02. The standard InChI is InChI=1S/C7H10N2O2/c1-4(2)3-5-6(10)9-7(11)8-5/h3-4H,1-2H3,(H2,8,9,10,11)/b5-3-. The molecule has 3 amide bonds. The fourth-order valence-electron chi connectivity index (χ4n) is 0.831. The third-order valence-corrected chi connectivity index (χ3v) is 1.22.